The predicted molar refractivity (Wildman–Crippen MR) is 521 cm³/mol. The van der Waals surface area contributed by atoms with Crippen molar-refractivity contribution in [3.8, 4) is 78.6 Å². The number of phenolic OH excluding ortho intramolecular Hbond substituents is 2. The van der Waals surface area contributed by atoms with Gasteiger partial charge in [0, 0.05) is 27.8 Å². The van der Waals surface area contributed by atoms with E-state index in [1.807, 2.05) is 0 Å². The molecule has 0 aliphatic carbocycles. The quantitative estimate of drug-likeness (QED) is 0.0109. The maximum absolute atomic E-state index is 13.6. The molecule has 15 aromatic carbocycles. The second kappa shape index (κ2) is 47.2. The van der Waals surface area contributed by atoms with Crippen LogP contribution in [0.1, 0.15) is 90.0 Å². The molecule has 32 heteroatoms. The fourth-order valence-corrected chi connectivity index (χ4v) is 16.4. The Balaban J connectivity index is 0.000000167. The molecule has 0 unspecified atom stereocenters. The van der Waals surface area contributed by atoms with Crippen LogP contribution >= 0.6 is 0 Å². The monoisotopic (exact) mass is 1970 g/mol. The van der Waals surface area contributed by atoms with E-state index in [4.69, 9.17) is 23.7 Å². The standard InChI is InChI=1S/2C22H17FO5S.C22H15FO3.2C21H15FO5S/c1-28-21-12-10-15(13-22(21)29(25,26)27)9-11-20(24)19-8-3-2-7-18(19)16-5-4-6-17(23)14-16;1-28-21-13-7-15(14-22(21)29(25,26)27)6-12-20(24)19-5-3-2-4-18(19)16-8-10-17(23)11-9-16;23-18-8-4-6-16(14-18)19-9-1-2-10-20(19)21(24)12-11-15-5-3-7-17(13-15)22(25)26;22-16-5-3-4-15(13-16)17-6-1-2-7-18(17)19(23)10-8-14-9-11-20(24)21(12-14)28(25,26)27;22-16-9-7-15(8-10-16)17-3-1-2-4-18(17)19(23)11-5-14-6-12-20(24)21(13-14)28(25,26)27/h2*2-14H,1H3,(H,25,26,27);1-14H,(H,25,26);2*1-13,24H,(H,25,26,27)/b11-9+;12-6+;12-11+;10-8+;11-5+. The summed E-state index contributed by atoms with van der Waals surface area (Å²) in [6.45, 7) is 0. The van der Waals surface area contributed by atoms with Crippen molar-refractivity contribution >= 4 is 106 Å². The maximum Gasteiger partial charge on any atom is 0.335 e. The highest BCUT2D eigenvalue weighted by Crippen LogP contribution is 2.35. The fourth-order valence-electron chi connectivity index (χ4n) is 13.7. The molecule has 0 bridgehead atoms. The number of carbonyl (C=O) groups excluding carboxylic acids is 5. The molecule has 0 amide bonds. The number of carboxylic acid groups (broad SMARTS) is 1. The van der Waals surface area contributed by atoms with Crippen LogP contribution < -0.4 is 9.47 Å². The van der Waals surface area contributed by atoms with Crippen molar-refractivity contribution in [2.24, 2.45) is 0 Å². The molecule has 23 nitrogen and oxygen atoms in total. The Morgan fingerprint density at radius 2 is 0.493 bits per heavy atom. The molecule has 0 aliphatic rings. The van der Waals surface area contributed by atoms with Crippen molar-refractivity contribution < 1.29 is 127 Å². The first-order chi connectivity index (χ1) is 66.6. The van der Waals surface area contributed by atoms with Gasteiger partial charge < -0.3 is 24.8 Å². The van der Waals surface area contributed by atoms with Crippen LogP contribution in [0.5, 0.6) is 23.0 Å². The summed E-state index contributed by atoms with van der Waals surface area (Å²) < 4.78 is 205. The van der Waals surface area contributed by atoms with E-state index in [2.05, 4.69) is 0 Å². The molecule has 0 saturated heterocycles. The zero-order valence-electron chi connectivity index (χ0n) is 73.3. The average Bonchev–Trinajstić information content (AvgIpc) is 0.821. The Kier molecular flexibility index (Phi) is 35.0. The molecule has 15 rings (SSSR count). The van der Waals surface area contributed by atoms with E-state index < -0.39 is 84.3 Å². The molecular formula is C108H79F5O23S4. The van der Waals surface area contributed by atoms with Gasteiger partial charge in [-0.3, -0.25) is 42.2 Å². The molecule has 0 aliphatic heterocycles. The molecule has 0 saturated carbocycles. The van der Waals surface area contributed by atoms with E-state index in [0.29, 0.717) is 111 Å². The number of ketones is 5. The van der Waals surface area contributed by atoms with Crippen molar-refractivity contribution in [3.63, 3.8) is 0 Å². The number of hydrogen-bond donors (Lipinski definition) is 7. The second-order valence-corrected chi connectivity index (χ2v) is 35.4. The van der Waals surface area contributed by atoms with Crippen LogP contribution in [0.15, 0.2) is 390 Å². The number of allylic oxidation sites excluding steroid dienone is 5. The van der Waals surface area contributed by atoms with Gasteiger partial charge in [0.2, 0.25) is 0 Å². The molecule has 7 N–H and O–H groups in total. The lowest BCUT2D eigenvalue weighted by Crippen LogP contribution is -2.02. The van der Waals surface area contributed by atoms with E-state index >= 15 is 0 Å². The number of hydrogen-bond acceptors (Lipinski definition) is 18. The maximum atomic E-state index is 13.6. The largest absolute Gasteiger partial charge is 0.506 e. The topological polar surface area (TPSA) is 399 Å². The Bertz CT molecular complexity index is 7880. The van der Waals surface area contributed by atoms with E-state index in [1.165, 1.54) is 178 Å². The molecule has 0 atom stereocenters. The van der Waals surface area contributed by atoms with Gasteiger partial charge >= 0.3 is 5.97 Å². The van der Waals surface area contributed by atoms with Gasteiger partial charge in [-0.05, 0) is 235 Å². The highest BCUT2D eigenvalue weighted by atomic mass is 32.2. The van der Waals surface area contributed by atoms with Gasteiger partial charge in [0.15, 0.2) is 28.9 Å². The van der Waals surface area contributed by atoms with Crippen LogP contribution in [0.25, 0.3) is 86.0 Å². The highest BCUT2D eigenvalue weighted by Gasteiger charge is 2.23. The summed E-state index contributed by atoms with van der Waals surface area (Å²) in [6.07, 6.45) is 13.6. The summed E-state index contributed by atoms with van der Waals surface area (Å²) in [7, 11) is -15.6. The van der Waals surface area contributed by atoms with Crippen LogP contribution in [-0.4, -0.2) is 116 Å². The van der Waals surface area contributed by atoms with E-state index in [1.54, 1.807) is 212 Å². The average molecular weight is 1970 g/mol. The molecule has 140 heavy (non-hydrogen) atoms. The Labute approximate surface area is 800 Å². The van der Waals surface area contributed by atoms with Crippen LogP contribution in [0.2, 0.25) is 0 Å². The summed E-state index contributed by atoms with van der Waals surface area (Å²) in [5, 5.41) is 28.1. The molecule has 0 radical (unpaired) electrons. The molecule has 0 fully saturated rings. The van der Waals surface area contributed by atoms with Gasteiger partial charge in [-0.15, -0.1) is 0 Å². The number of benzene rings is 15. The summed E-state index contributed by atoms with van der Waals surface area (Å²) in [4.78, 5) is 72.3. The number of aromatic carboxylic acids is 1. The molecule has 708 valence electrons. The Morgan fingerprint density at radius 3 is 0.750 bits per heavy atom. The Hall–Kier alpha value is -16.7. The van der Waals surface area contributed by atoms with Gasteiger partial charge in [0.05, 0.1) is 19.8 Å². The van der Waals surface area contributed by atoms with Gasteiger partial charge in [0.1, 0.15) is 71.7 Å². The van der Waals surface area contributed by atoms with E-state index in [-0.39, 0.29) is 68.3 Å². The first-order valence-corrected chi connectivity index (χ1v) is 47.0. The molecular weight excluding hydrogens is 1890 g/mol. The van der Waals surface area contributed by atoms with E-state index in [0.717, 1.165) is 24.3 Å². The highest BCUT2D eigenvalue weighted by molar-refractivity contribution is 7.86. The third-order valence-corrected chi connectivity index (χ3v) is 23.9. The first kappa shape index (κ1) is 104. The lowest BCUT2D eigenvalue weighted by molar-refractivity contribution is 0.0695. The van der Waals surface area contributed by atoms with Crippen LogP contribution in [0, 0.1) is 29.1 Å². The Morgan fingerprint density at radius 1 is 0.250 bits per heavy atom. The van der Waals surface area contributed by atoms with Crippen LogP contribution in [0.3, 0.4) is 0 Å². The summed E-state index contributed by atoms with van der Waals surface area (Å²) >= 11 is 0. The van der Waals surface area contributed by atoms with Gasteiger partial charge in [-0.2, -0.15) is 33.7 Å². The van der Waals surface area contributed by atoms with Crippen LogP contribution in [-0.2, 0) is 40.5 Å². The second-order valence-electron chi connectivity index (χ2n) is 29.9. The normalized spacial score (nSPS) is 11.4. The molecule has 0 heterocycles. The van der Waals surface area contributed by atoms with Crippen molar-refractivity contribution in [1.29, 1.82) is 0 Å². The SMILES string of the molecule is COc1ccc(/C=C/C(=O)c2ccccc2-c2ccc(F)cc2)cc1S(=O)(=O)O.COc1ccc(/C=C/C(=O)c2ccccc2-c2cccc(F)c2)cc1S(=O)(=O)O.O=C(/C=C/c1ccc(O)c(S(=O)(=O)O)c1)c1ccccc1-c1ccc(F)cc1.O=C(/C=C/c1ccc(O)c(S(=O)(=O)O)c1)c1ccccc1-c1cccc(F)c1.O=C(O)c1cccc(/C=C/C(=O)c2ccccc2-c2cccc(F)c2)c1. The molecule has 0 spiro atoms. The van der Waals surface area contributed by atoms with Crippen molar-refractivity contribution in [3.05, 3.63) is 460 Å². The number of methoxy groups -OCH3 is 2. The summed E-state index contributed by atoms with van der Waals surface area (Å²) in [5.74, 6) is -5.78. The summed E-state index contributed by atoms with van der Waals surface area (Å²) in [6, 6.07) is 85.5. The minimum absolute atomic E-state index is 0.00219. The third-order valence-electron chi connectivity index (χ3n) is 20.4. The lowest BCUT2D eigenvalue weighted by Gasteiger charge is -2.08. The number of phenols is 2. The molecule has 0 aromatic heterocycles. The van der Waals surface area contributed by atoms with Crippen molar-refractivity contribution in [2.45, 2.75) is 19.6 Å². The zero-order valence-corrected chi connectivity index (χ0v) is 76.6. The van der Waals surface area contributed by atoms with Crippen molar-refractivity contribution in [2.75, 3.05) is 14.2 Å². The van der Waals surface area contributed by atoms with Crippen molar-refractivity contribution in [1.82, 2.24) is 0 Å². The first-order valence-electron chi connectivity index (χ1n) is 41.3. The number of carbonyl (C=O) groups is 6. The predicted octanol–water partition coefficient (Wildman–Crippen LogP) is 23.1. The number of rotatable bonds is 27. The third kappa shape index (κ3) is 28.7. The smallest absolute Gasteiger partial charge is 0.335 e. The summed E-state index contributed by atoms with van der Waals surface area (Å²) in [5.41, 5.74) is 10.3. The number of ether oxygens (including phenoxy) is 2. The number of carboxylic acids is 1. The zero-order chi connectivity index (χ0) is 101. The van der Waals surface area contributed by atoms with Gasteiger partial charge in [-0.25, -0.2) is 26.7 Å². The fraction of sp³-hybridized carbons (Fsp3) is 0.0185. The van der Waals surface area contributed by atoms with E-state index in [9.17, 15) is 104 Å². The minimum atomic E-state index is -4.60. The van der Waals surface area contributed by atoms with Crippen LogP contribution in [0.4, 0.5) is 22.0 Å². The lowest BCUT2D eigenvalue weighted by atomic mass is 9.96. The molecule has 15 aromatic rings. The van der Waals surface area contributed by atoms with Gasteiger partial charge in [-0.1, -0.05) is 249 Å². The minimum Gasteiger partial charge on any atom is -0.506 e. The number of aromatic hydroxyl groups is 2. The van der Waals surface area contributed by atoms with Gasteiger partial charge in [0.25, 0.3) is 40.5 Å². The number of halogens is 5.